The van der Waals surface area contributed by atoms with Crippen LogP contribution in [0.15, 0.2) is 0 Å². The minimum Gasteiger partial charge on any atom is -0.481 e. The first kappa shape index (κ1) is 19.9. The molecule has 0 bridgehead atoms. The van der Waals surface area contributed by atoms with Gasteiger partial charge < -0.3 is 20.4 Å². The highest BCUT2D eigenvalue weighted by molar-refractivity contribution is 5.80. The van der Waals surface area contributed by atoms with E-state index in [4.69, 9.17) is 20.4 Å². The highest BCUT2D eigenvalue weighted by Gasteiger charge is 2.36. The van der Waals surface area contributed by atoms with Gasteiger partial charge in [0.15, 0.2) is 0 Å². The molecule has 24 heavy (non-hydrogen) atoms. The molecule has 2 saturated carbocycles. The Kier molecular flexibility index (Phi) is 7.67. The summed E-state index contributed by atoms with van der Waals surface area (Å²) in [5, 5.41) is 34.8. The average molecular weight is 344 g/mol. The van der Waals surface area contributed by atoms with E-state index in [2.05, 4.69) is 0 Å². The van der Waals surface area contributed by atoms with Gasteiger partial charge in [0.25, 0.3) is 0 Å². The molecule has 0 aliphatic heterocycles. The molecule has 2 aliphatic carbocycles. The number of carbonyl (C=O) groups is 4. The Morgan fingerprint density at radius 3 is 0.750 bits per heavy atom. The van der Waals surface area contributed by atoms with E-state index in [9.17, 15) is 19.2 Å². The van der Waals surface area contributed by atoms with E-state index in [1.807, 2.05) is 0 Å². The highest BCUT2D eigenvalue weighted by Crippen LogP contribution is 2.31. The summed E-state index contributed by atoms with van der Waals surface area (Å²) < 4.78 is 0. The van der Waals surface area contributed by atoms with Gasteiger partial charge in [-0.05, 0) is 25.7 Å². The van der Waals surface area contributed by atoms with Crippen LogP contribution in [0.4, 0.5) is 0 Å². The van der Waals surface area contributed by atoms with Crippen molar-refractivity contribution in [2.45, 2.75) is 51.4 Å². The second kappa shape index (κ2) is 9.24. The summed E-state index contributed by atoms with van der Waals surface area (Å²) in [5.74, 6) is -6.56. The largest absolute Gasteiger partial charge is 0.481 e. The number of rotatable bonds is 4. The zero-order valence-corrected chi connectivity index (χ0v) is 13.4. The summed E-state index contributed by atoms with van der Waals surface area (Å²) >= 11 is 0. The third-order valence-electron chi connectivity index (χ3n) is 4.80. The molecule has 8 nitrogen and oxygen atoms in total. The number of carboxylic acid groups (broad SMARTS) is 4. The van der Waals surface area contributed by atoms with Crippen LogP contribution in [-0.4, -0.2) is 44.3 Å². The van der Waals surface area contributed by atoms with Crippen molar-refractivity contribution in [2.75, 3.05) is 0 Å². The van der Waals surface area contributed by atoms with Crippen molar-refractivity contribution >= 4 is 23.9 Å². The lowest BCUT2D eigenvalue weighted by molar-refractivity contribution is -0.155. The fraction of sp³-hybridized carbons (Fsp3) is 0.750. The van der Waals surface area contributed by atoms with Gasteiger partial charge in [-0.25, -0.2) is 0 Å². The summed E-state index contributed by atoms with van der Waals surface area (Å²) in [6.45, 7) is 0. The van der Waals surface area contributed by atoms with Gasteiger partial charge in [-0.1, -0.05) is 25.7 Å². The van der Waals surface area contributed by atoms with Gasteiger partial charge in [0.1, 0.15) is 0 Å². The number of aliphatic carboxylic acids is 4. The first-order valence-electron chi connectivity index (χ1n) is 8.17. The van der Waals surface area contributed by atoms with E-state index in [1.165, 1.54) is 0 Å². The van der Waals surface area contributed by atoms with E-state index in [0.717, 1.165) is 25.7 Å². The van der Waals surface area contributed by atoms with Crippen molar-refractivity contribution < 1.29 is 39.6 Å². The fourth-order valence-corrected chi connectivity index (χ4v) is 3.44. The molecule has 2 fully saturated rings. The lowest BCUT2D eigenvalue weighted by Crippen LogP contribution is -2.32. The van der Waals surface area contributed by atoms with Crippen LogP contribution in [0.3, 0.4) is 0 Å². The molecule has 0 spiro atoms. The second-order valence-corrected chi connectivity index (χ2v) is 6.35. The smallest absolute Gasteiger partial charge is 0.307 e. The van der Waals surface area contributed by atoms with Gasteiger partial charge >= 0.3 is 23.9 Å². The predicted octanol–water partition coefficient (Wildman–Crippen LogP) is 1.92. The van der Waals surface area contributed by atoms with Gasteiger partial charge in [0.2, 0.25) is 0 Å². The molecule has 0 heterocycles. The summed E-state index contributed by atoms with van der Waals surface area (Å²) in [7, 11) is 0. The molecule has 0 aromatic carbocycles. The van der Waals surface area contributed by atoms with E-state index in [1.54, 1.807) is 0 Å². The highest BCUT2D eigenvalue weighted by atomic mass is 16.4. The van der Waals surface area contributed by atoms with Crippen LogP contribution < -0.4 is 0 Å². The molecule has 8 heteroatoms. The van der Waals surface area contributed by atoms with Crippen molar-refractivity contribution in [3.8, 4) is 0 Å². The van der Waals surface area contributed by atoms with Crippen LogP contribution in [0.1, 0.15) is 51.4 Å². The Balaban J connectivity index is 0.000000240. The summed E-state index contributed by atoms with van der Waals surface area (Å²) in [5.41, 5.74) is 0. The molecule has 0 radical (unpaired) electrons. The van der Waals surface area contributed by atoms with Crippen molar-refractivity contribution in [3.05, 3.63) is 0 Å². The summed E-state index contributed by atoms with van der Waals surface area (Å²) in [6, 6.07) is 0. The van der Waals surface area contributed by atoms with Gasteiger partial charge in [-0.15, -0.1) is 0 Å². The maximum absolute atomic E-state index is 10.6. The topological polar surface area (TPSA) is 149 Å². The maximum Gasteiger partial charge on any atom is 0.307 e. The van der Waals surface area contributed by atoms with Crippen molar-refractivity contribution in [1.29, 1.82) is 0 Å². The van der Waals surface area contributed by atoms with Crippen LogP contribution in [-0.2, 0) is 19.2 Å². The molecular weight excluding hydrogens is 320 g/mol. The van der Waals surface area contributed by atoms with Gasteiger partial charge in [0.05, 0.1) is 23.7 Å². The maximum atomic E-state index is 10.6. The van der Waals surface area contributed by atoms with Crippen LogP contribution in [0.5, 0.6) is 0 Å². The molecule has 2 rings (SSSR count). The van der Waals surface area contributed by atoms with Crippen molar-refractivity contribution in [3.63, 3.8) is 0 Å². The van der Waals surface area contributed by atoms with E-state index >= 15 is 0 Å². The van der Waals surface area contributed by atoms with Crippen molar-refractivity contribution in [2.24, 2.45) is 23.7 Å². The Morgan fingerprint density at radius 1 is 0.458 bits per heavy atom. The van der Waals surface area contributed by atoms with Crippen LogP contribution in [0, 0.1) is 23.7 Å². The van der Waals surface area contributed by atoms with Gasteiger partial charge in [-0.3, -0.25) is 19.2 Å². The van der Waals surface area contributed by atoms with Crippen molar-refractivity contribution in [1.82, 2.24) is 0 Å². The molecular formula is C16H24O8. The first-order valence-corrected chi connectivity index (χ1v) is 8.17. The first-order chi connectivity index (χ1) is 11.3. The van der Waals surface area contributed by atoms with Gasteiger partial charge in [-0.2, -0.15) is 0 Å². The molecule has 0 saturated heterocycles. The zero-order chi connectivity index (χ0) is 18.3. The lowest BCUT2D eigenvalue weighted by Gasteiger charge is -2.24. The number of hydrogen-bond acceptors (Lipinski definition) is 4. The zero-order valence-electron chi connectivity index (χ0n) is 13.4. The molecule has 0 amide bonds. The number of hydrogen-bond donors (Lipinski definition) is 4. The monoisotopic (exact) mass is 344 g/mol. The molecule has 136 valence electrons. The van der Waals surface area contributed by atoms with Crippen LogP contribution in [0.25, 0.3) is 0 Å². The van der Waals surface area contributed by atoms with Crippen LogP contribution >= 0.6 is 0 Å². The predicted molar refractivity (Wildman–Crippen MR) is 81.4 cm³/mol. The van der Waals surface area contributed by atoms with Crippen LogP contribution in [0.2, 0.25) is 0 Å². The molecule has 0 aromatic rings. The quantitative estimate of drug-likeness (QED) is 0.604. The minimum atomic E-state index is -0.970. The SMILES string of the molecule is O=C(O)C1CCCCC1C(=O)O.O=C(O)C1CCCCC1C(=O)O. The normalized spacial score (nSPS) is 29.7. The Labute approximate surface area is 139 Å². The number of carboxylic acids is 4. The Hall–Kier alpha value is -2.12. The summed E-state index contributed by atoms with van der Waals surface area (Å²) in [6.07, 6.45) is 5.36. The van der Waals surface area contributed by atoms with E-state index in [0.29, 0.717) is 25.7 Å². The van der Waals surface area contributed by atoms with E-state index < -0.39 is 47.5 Å². The summed E-state index contributed by atoms with van der Waals surface area (Å²) in [4.78, 5) is 42.4. The fourth-order valence-electron chi connectivity index (χ4n) is 3.44. The lowest BCUT2D eigenvalue weighted by atomic mass is 9.79. The third kappa shape index (κ3) is 5.50. The second-order valence-electron chi connectivity index (χ2n) is 6.35. The molecule has 4 atom stereocenters. The molecule has 4 unspecified atom stereocenters. The third-order valence-corrected chi connectivity index (χ3v) is 4.80. The Bertz CT molecular complexity index is 398. The standard InChI is InChI=1S/2C8H12O4/c2*9-7(10)5-3-1-2-4-6(5)8(11)12/h2*5-6H,1-4H2,(H,9,10)(H,11,12). The molecule has 0 aromatic heterocycles. The minimum absolute atomic E-state index is 0.506. The van der Waals surface area contributed by atoms with E-state index in [-0.39, 0.29) is 0 Å². The molecule has 4 N–H and O–H groups in total. The van der Waals surface area contributed by atoms with Gasteiger partial charge in [0, 0.05) is 0 Å². The molecule has 2 aliphatic rings. The average Bonchev–Trinajstić information content (AvgIpc) is 2.55. The Morgan fingerprint density at radius 2 is 0.625 bits per heavy atom.